The Balaban J connectivity index is 1.89. The minimum Gasteiger partial charge on any atom is -0.364 e. The van der Waals surface area contributed by atoms with Crippen LogP contribution in [-0.4, -0.2) is 22.4 Å². The fraction of sp³-hybridized carbons (Fsp3) is 0.471. The van der Waals surface area contributed by atoms with Crippen LogP contribution in [0.15, 0.2) is 36.5 Å². The van der Waals surface area contributed by atoms with E-state index in [9.17, 15) is 0 Å². The molecule has 0 saturated heterocycles. The number of nitrogens with zero attached hydrogens (tertiary/aromatic N) is 3. The number of hydrogen-bond donors (Lipinski definition) is 1. The lowest BCUT2D eigenvalue weighted by Gasteiger charge is -2.28. The third kappa shape index (κ3) is 3.10. The lowest BCUT2D eigenvalue weighted by molar-refractivity contribution is 0.403. The Morgan fingerprint density at radius 2 is 2.10 bits per heavy atom. The number of hydrogen-bond acceptors (Lipinski definition) is 3. The smallest absolute Gasteiger partial charge is 0.0817 e. The summed E-state index contributed by atoms with van der Waals surface area (Å²) in [7, 11) is 1.97. The van der Waals surface area contributed by atoms with Crippen LogP contribution >= 0.6 is 0 Å². The minimum absolute atomic E-state index is 0.501. The highest BCUT2D eigenvalue weighted by molar-refractivity contribution is 5.54. The molecule has 4 nitrogen and oxygen atoms in total. The lowest BCUT2D eigenvalue weighted by Crippen LogP contribution is -2.41. The number of aryl methyl sites for hydroxylation is 1. The molecule has 1 N–H and O–H groups in total. The normalized spacial score (nSPS) is 18.7. The van der Waals surface area contributed by atoms with E-state index < -0.39 is 0 Å². The molecule has 1 unspecified atom stereocenters. The summed E-state index contributed by atoms with van der Waals surface area (Å²) in [5.41, 5.74) is 3.83. The predicted octanol–water partition coefficient (Wildman–Crippen LogP) is 2.55. The first-order valence-electron chi connectivity index (χ1n) is 7.68. The molecule has 2 aromatic rings. The van der Waals surface area contributed by atoms with Crippen LogP contribution in [0.25, 0.3) is 0 Å². The maximum Gasteiger partial charge on any atom is 0.0817 e. The topological polar surface area (TPSA) is 33.1 Å². The molecule has 0 radical (unpaired) electrons. The van der Waals surface area contributed by atoms with Crippen molar-refractivity contribution in [1.82, 2.24) is 15.1 Å². The number of anilines is 1. The van der Waals surface area contributed by atoms with Crippen LogP contribution in [0.3, 0.4) is 0 Å². The van der Waals surface area contributed by atoms with E-state index in [1.54, 1.807) is 0 Å². The zero-order chi connectivity index (χ0) is 14.8. The highest BCUT2D eigenvalue weighted by Crippen LogP contribution is 2.26. The summed E-state index contributed by atoms with van der Waals surface area (Å²) in [6, 6.07) is 11.3. The Morgan fingerprint density at radius 3 is 2.81 bits per heavy atom. The standard InChI is InChI=1S/C17H24N4/c1-13(2)16-12-21(11-15-8-9-20(3)19-15)17-7-5-4-6-14(17)10-18-16/h4-9,13,16,18H,10-12H2,1-3H3. The molecule has 1 aliphatic rings. The van der Waals surface area contributed by atoms with Gasteiger partial charge in [0.1, 0.15) is 0 Å². The molecule has 0 bridgehead atoms. The Labute approximate surface area is 126 Å². The van der Waals surface area contributed by atoms with Crippen molar-refractivity contribution in [3.05, 3.63) is 47.8 Å². The van der Waals surface area contributed by atoms with Gasteiger partial charge in [0.15, 0.2) is 0 Å². The second kappa shape index (κ2) is 5.90. The Morgan fingerprint density at radius 1 is 1.29 bits per heavy atom. The van der Waals surface area contributed by atoms with Crippen LogP contribution in [0.4, 0.5) is 5.69 Å². The van der Waals surface area contributed by atoms with E-state index in [1.165, 1.54) is 11.3 Å². The Kier molecular flexibility index (Phi) is 3.97. The van der Waals surface area contributed by atoms with Gasteiger partial charge in [0.25, 0.3) is 0 Å². The first-order chi connectivity index (χ1) is 10.1. The fourth-order valence-electron chi connectivity index (χ4n) is 2.95. The van der Waals surface area contributed by atoms with Crippen molar-refractivity contribution in [2.75, 3.05) is 11.4 Å². The van der Waals surface area contributed by atoms with Crippen molar-refractivity contribution in [2.24, 2.45) is 13.0 Å². The average Bonchev–Trinajstić information content (AvgIpc) is 2.78. The average molecular weight is 284 g/mol. The van der Waals surface area contributed by atoms with Crippen LogP contribution < -0.4 is 10.2 Å². The molecular formula is C17H24N4. The molecule has 0 amide bonds. The van der Waals surface area contributed by atoms with Gasteiger partial charge in [-0.15, -0.1) is 0 Å². The Bertz CT molecular complexity index is 602. The monoisotopic (exact) mass is 284 g/mol. The molecule has 2 heterocycles. The van der Waals surface area contributed by atoms with Crippen LogP contribution in [0, 0.1) is 5.92 Å². The molecule has 1 aromatic carbocycles. The van der Waals surface area contributed by atoms with Crippen molar-refractivity contribution in [2.45, 2.75) is 33.0 Å². The quantitative estimate of drug-likeness (QED) is 0.940. The number of fused-ring (bicyclic) bond motifs is 1. The van der Waals surface area contributed by atoms with Gasteiger partial charge in [0.05, 0.1) is 12.2 Å². The zero-order valence-corrected chi connectivity index (χ0v) is 13.1. The highest BCUT2D eigenvalue weighted by atomic mass is 15.3. The summed E-state index contributed by atoms with van der Waals surface area (Å²) in [5, 5.41) is 8.22. The van der Waals surface area contributed by atoms with Gasteiger partial charge in [0.2, 0.25) is 0 Å². The number of rotatable bonds is 3. The summed E-state index contributed by atoms with van der Waals surface area (Å²) in [6.45, 7) is 7.39. The van der Waals surface area contributed by atoms with Gasteiger partial charge in [0, 0.05) is 38.1 Å². The molecule has 0 aliphatic carbocycles. The number of benzene rings is 1. The van der Waals surface area contributed by atoms with Gasteiger partial charge >= 0.3 is 0 Å². The second-order valence-corrected chi connectivity index (χ2v) is 6.22. The van der Waals surface area contributed by atoms with E-state index in [0.29, 0.717) is 12.0 Å². The molecule has 3 rings (SSSR count). The summed E-state index contributed by atoms with van der Waals surface area (Å²) >= 11 is 0. The van der Waals surface area contributed by atoms with Gasteiger partial charge in [-0.1, -0.05) is 32.0 Å². The minimum atomic E-state index is 0.501. The van der Waals surface area contributed by atoms with Gasteiger partial charge < -0.3 is 10.2 Å². The molecule has 0 fully saturated rings. The van der Waals surface area contributed by atoms with Gasteiger partial charge in [-0.05, 0) is 23.6 Å². The summed E-state index contributed by atoms with van der Waals surface area (Å²) < 4.78 is 1.87. The van der Waals surface area contributed by atoms with Gasteiger partial charge in [-0.3, -0.25) is 4.68 Å². The van der Waals surface area contributed by atoms with Crippen molar-refractivity contribution in [3.8, 4) is 0 Å². The van der Waals surface area contributed by atoms with E-state index in [-0.39, 0.29) is 0 Å². The molecule has 0 spiro atoms. The zero-order valence-electron chi connectivity index (χ0n) is 13.1. The van der Waals surface area contributed by atoms with Crippen LogP contribution in [0.2, 0.25) is 0 Å². The third-order valence-electron chi connectivity index (χ3n) is 4.23. The van der Waals surface area contributed by atoms with Crippen LogP contribution in [0.5, 0.6) is 0 Å². The molecular weight excluding hydrogens is 260 g/mol. The number of aromatic nitrogens is 2. The van der Waals surface area contributed by atoms with Crippen molar-refractivity contribution in [1.29, 1.82) is 0 Å². The van der Waals surface area contributed by atoms with Gasteiger partial charge in [-0.25, -0.2) is 0 Å². The molecule has 1 aliphatic heterocycles. The molecule has 0 saturated carbocycles. The summed E-state index contributed by atoms with van der Waals surface area (Å²) in [4.78, 5) is 2.46. The second-order valence-electron chi connectivity index (χ2n) is 6.22. The van der Waals surface area contributed by atoms with E-state index in [0.717, 1.165) is 25.3 Å². The molecule has 21 heavy (non-hydrogen) atoms. The molecule has 4 heteroatoms. The molecule has 1 atom stereocenters. The molecule has 112 valence electrons. The molecule has 1 aromatic heterocycles. The summed E-state index contributed by atoms with van der Waals surface area (Å²) in [5.74, 6) is 0.616. The van der Waals surface area contributed by atoms with E-state index in [1.807, 2.05) is 17.9 Å². The van der Waals surface area contributed by atoms with Crippen molar-refractivity contribution >= 4 is 5.69 Å². The fourth-order valence-corrected chi connectivity index (χ4v) is 2.95. The maximum absolute atomic E-state index is 4.53. The third-order valence-corrected chi connectivity index (χ3v) is 4.23. The Hall–Kier alpha value is -1.81. The van der Waals surface area contributed by atoms with Crippen molar-refractivity contribution < 1.29 is 0 Å². The first kappa shape index (κ1) is 14.1. The van der Waals surface area contributed by atoms with E-state index >= 15 is 0 Å². The van der Waals surface area contributed by atoms with Crippen LogP contribution in [-0.2, 0) is 20.1 Å². The number of para-hydroxylation sites is 1. The SMILES string of the molecule is CC(C)C1CN(Cc2ccn(C)n2)c2ccccc2CN1. The summed E-state index contributed by atoms with van der Waals surface area (Å²) in [6.07, 6.45) is 2.01. The number of nitrogens with one attached hydrogen (secondary N) is 1. The predicted molar refractivity (Wildman–Crippen MR) is 86.2 cm³/mol. The van der Waals surface area contributed by atoms with Gasteiger partial charge in [-0.2, -0.15) is 5.10 Å². The largest absolute Gasteiger partial charge is 0.364 e. The lowest BCUT2D eigenvalue weighted by atomic mass is 10.0. The van der Waals surface area contributed by atoms with Crippen LogP contribution in [0.1, 0.15) is 25.1 Å². The van der Waals surface area contributed by atoms with E-state index in [4.69, 9.17) is 0 Å². The maximum atomic E-state index is 4.53. The first-order valence-corrected chi connectivity index (χ1v) is 7.68. The highest BCUT2D eigenvalue weighted by Gasteiger charge is 2.23. The van der Waals surface area contributed by atoms with Crippen molar-refractivity contribution in [3.63, 3.8) is 0 Å². The van der Waals surface area contributed by atoms with E-state index in [2.05, 4.69) is 59.5 Å².